The van der Waals surface area contributed by atoms with Crippen LogP contribution in [-0.4, -0.2) is 37.4 Å². The van der Waals surface area contributed by atoms with Gasteiger partial charge in [0, 0.05) is 12.1 Å². The molecule has 0 aliphatic carbocycles. The van der Waals surface area contributed by atoms with E-state index in [0.29, 0.717) is 0 Å². The number of carbonyl (C=O) groups is 1. The number of rotatable bonds is 4. The summed E-state index contributed by atoms with van der Waals surface area (Å²) in [6, 6.07) is 0. The van der Waals surface area contributed by atoms with Crippen molar-refractivity contribution in [1.29, 1.82) is 0 Å². The summed E-state index contributed by atoms with van der Waals surface area (Å²) < 4.78 is 23.0. The highest BCUT2D eigenvalue weighted by molar-refractivity contribution is 7.92. The molecule has 0 aliphatic rings. The van der Waals surface area contributed by atoms with E-state index in [9.17, 15) is 13.2 Å². The van der Waals surface area contributed by atoms with Crippen LogP contribution < -0.4 is 11.1 Å². The fraction of sp³-hybridized carbons (Fsp3) is 0.889. The van der Waals surface area contributed by atoms with Gasteiger partial charge in [0.05, 0.1) is 5.25 Å². The molecule has 1 atom stereocenters. The van der Waals surface area contributed by atoms with Crippen LogP contribution in [0.1, 0.15) is 27.7 Å². The summed E-state index contributed by atoms with van der Waals surface area (Å²) in [5.74, 6) is -0.981. The van der Waals surface area contributed by atoms with Crippen LogP contribution in [0.2, 0.25) is 0 Å². The maximum Gasteiger partial charge on any atom is 0.235 e. The minimum atomic E-state index is -3.42. The molecule has 90 valence electrons. The summed E-state index contributed by atoms with van der Waals surface area (Å²) in [5.41, 5.74) is 4.83. The molecule has 0 saturated carbocycles. The third kappa shape index (κ3) is 5.74. The summed E-state index contributed by atoms with van der Waals surface area (Å²) in [4.78, 5) is 11.4. The molecule has 0 saturated heterocycles. The Morgan fingerprint density at radius 3 is 2.20 bits per heavy atom. The second-order valence-electron chi connectivity index (χ2n) is 4.65. The number of nitrogens with one attached hydrogen (secondary N) is 1. The van der Waals surface area contributed by atoms with Gasteiger partial charge in [-0.05, 0) is 27.7 Å². The van der Waals surface area contributed by atoms with Crippen molar-refractivity contribution < 1.29 is 13.2 Å². The molecule has 0 heterocycles. The Morgan fingerprint density at radius 1 is 1.40 bits per heavy atom. The molecule has 6 heteroatoms. The van der Waals surface area contributed by atoms with E-state index in [2.05, 4.69) is 5.32 Å². The molecule has 0 aromatic carbocycles. The van der Waals surface area contributed by atoms with Gasteiger partial charge in [-0.15, -0.1) is 0 Å². The average molecular weight is 236 g/mol. The monoisotopic (exact) mass is 236 g/mol. The number of carbonyl (C=O) groups excluding carboxylic acids is 1. The van der Waals surface area contributed by atoms with E-state index in [1.807, 2.05) is 0 Å². The van der Waals surface area contributed by atoms with E-state index in [-0.39, 0.29) is 6.54 Å². The van der Waals surface area contributed by atoms with Gasteiger partial charge in [0.2, 0.25) is 5.91 Å². The predicted octanol–water partition coefficient (Wildman–Crippen LogP) is -0.337. The SMILES string of the molecule is CC(CN)S(=O)(=O)CC(=O)NC(C)(C)C. The lowest BCUT2D eigenvalue weighted by molar-refractivity contribution is -0.120. The summed E-state index contributed by atoms with van der Waals surface area (Å²) in [7, 11) is -3.42. The van der Waals surface area contributed by atoms with E-state index in [1.165, 1.54) is 6.92 Å². The standard InChI is InChI=1S/C9H20N2O3S/c1-7(5-10)15(13,14)6-8(12)11-9(2,3)4/h7H,5-6,10H2,1-4H3,(H,11,12). The Labute approximate surface area is 91.3 Å². The molecule has 1 amide bonds. The highest BCUT2D eigenvalue weighted by Crippen LogP contribution is 2.03. The third-order valence-electron chi connectivity index (χ3n) is 1.79. The van der Waals surface area contributed by atoms with Gasteiger partial charge in [-0.25, -0.2) is 8.42 Å². The minimum Gasteiger partial charge on any atom is -0.351 e. The average Bonchev–Trinajstić information content (AvgIpc) is 1.97. The molecular weight excluding hydrogens is 216 g/mol. The van der Waals surface area contributed by atoms with Gasteiger partial charge >= 0.3 is 0 Å². The van der Waals surface area contributed by atoms with Crippen LogP contribution in [0.3, 0.4) is 0 Å². The molecular formula is C9H20N2O3S. The highest BCUT2D eigenvalue weighted by Gasteiger charge is 2.25. The fourth-order valence-corrected chi connectivity index (χ4v) is 1.94. The van der Waals surface area contributed by atoms with Crippen molar-refractivity contribution in [3.63, 3.8) is 0 Å². The lowest BCUT2D eigenvalue weighted by atomic mass is 10.1. The first kappa shape index (κ1) is 14.4. The van der Waals surface area contributed by atoms with E-state index in [1.54, 1.807) is 20.8 Å². The largest absolute Gasteiger partial charge is 0.351 e. The molecule has 0 aromatic rings. The molecule has 0 bridgehead atoms. The maximum absolute atomic E-state index is 11.5. The lowest BCUT2D eigenvalue weighted by Crippen LogP contribution is -2.45. The normalized spacial score (nSPS) is 14.7. The number of hydrogen-bond acceptors (Lipinski definition) is 4. The Hall–Kier alpha value is -0.620. The topological polar surface area (TPSA) is 89.3 Å². The Bertz CT molecular complexity index is 317. The van der Waals surface area contributed by atoms with Crippen LogP contribution in [0.5, 0.6) is 0 Å². The summed E-state index contributed by atoms with van der Waals surface area (Å²) in [6.07, 6.45) is 0. The second-order valence-corrected chi connectivity index (χ2v) is 7.07. The zero-order chi connectivity index (χ0) is 12.3. The smallest absolute Gasteiger partial charge is 0.235 e. The predicted molar refractivity (Wildman–Crippen MR) is 60.2 cm³/mol. The van der Waals surface area contributed by atoms with Gasteiger partial charge in [0.1, 0.15) is 5.75 Å². The van der Waals surface area contributed by atoms with Crippen molar-refractivity contribution in [3.8, 4) is 0 Å². The van der Waals surface area contributed by atoms with Gasteiger partial charge in [-0.1, -0.05) is 0 Å². The van der Waals surface area contributed by atoms with Crippen molar-refractivity contribution in [1.82, 2.24) is 5.32 Å². The molecule has 3 N–H and O–H groups in total. The van der Waals surface area contributed by atoms with Gasteiger partial charge in [0.15, 0.2) is 9.84 Å². The molecule has 5 nitrogen and oxygen atoms in total. The van der Waals surface area contributed by atoms with Crippen molar-refractivity contribution >= 4 is 15.7 Å². The Morgan fingerprint density at radius 2 is 1.87 bits per heavy atom. The van der Waals surface area contributed by atoms with E-state index < -0.39 is 32.3 Å². The first-order chi connectivity index (χ1) is 6.58. The molecule has 0 aliphatic heterocycles. The molecule has 15 heavy (non-hydrogen) atoms. The van der Waals surface area contributed by atoms with Crippen LogP contribution in [0.4, 0.5) is 0 Å². The van der Waals surface area contributed by atoms with Crippen molar-refractivity contribution in [2.75, 3.05) is 12.3 Å². The first-order valence-electron chi connectivity index (χ1n) is 4.81. The van der Waals surface area contributed by atoms with Crippen LogP contribution in [0.15, 0.2) is 0 Å². The van der Waals surface area contributed by atoms with Gasteiger partial charge in [0.25, 0.3) is 0 Å². The van der Waals surface area contributed by atoms with Crippen molar-refractivity contribution in [2.45, 2.75) is 38.5 Å². The molecule has 0 fully saturated rings. The quantitative estimate of drug-likeness (QED) is 0.699. The first-order valence-corrected chi connectivity index (χ1v) is 6.52. The summed E-state index contributed by atoms with van der Waals surface area (Å²) in [6.45, 7) is 6.92. The van der Waals surface area contributed by atoms with Gasteiger partial charge in [-0.3, -0.25) is 4.79 Å². The molecule has 1 unspecified atom stereocenters. The second kappa shape index (κ2) is 4.94. The number of hydrogen-bond donors (Lipinski definition) is 2. The van der Waals surface area contributed by atoms with Gasteiger partial charge in [-0.2, -0.15) is 0 Å². The third-order valence-corrected chi connectivity index (χ3v) is 3.87. The Balaban J connectivity index is 4.43. The van der Waals surface area contributed by atoms with Crippen LogP contribution >= 0.6 is 0 Å². The lowest BCUT2D eigenvalue weighted by Gasteiger charge is -2.21. The van der Waals surface area contributed by atoms with Crippen molar-refractivity contribution in [3.05, 3.63) is 0 Å². The van der Waals surface area contributed by atoms with Crippen LogP contribution in [0, 0.1) is 0 Å². The zero-order valence-corrected chi connectivity index (χ0v) is 10.5. The van der Waals surface area contributed by atoms with Crippen LogP contribution in [-0.2, 0) is 14.6 Å². The van der Waals surface area contributed by atoms with Gasteiger partial charge < -0.3 is 11.1 Å². The minimum absolute atomic E-state index is 0.0329. The fourth-order valence-electron chi connectivity index (χ4n) is 0.926. The summed E-state index contributed by atoms with van der Waals surface area (Å²) >= 11 is 0. The zero-order valence-electron chi connectivity index (χ0n) is 9.70. The number of sulfone groups is 1. The molecule has 0 radical (unpaired) electrons. The number of amides is 1. The molecule has 0 spiro atoms. The van der Waals surface area contributed by atoms with E-state index in [4.69, 9.17) is 5.73 Å². The Kier molecular flexibility index (Phi) is 4.73. The summed E-state index contributed by atoms with van der Waals surface area (Å²) in [5, 5.41) is 1.92. The molecule has 0 aromatic heterocycles. The molecule has 0 rings (SSSR count). The van der Waals surface area contributed by atoms with E-state index >= 15 is 0 Å². The van der Waals surface area contributed by atoms with Crippen LogP contribution in [0.25, 0.3) is 0 Å². The maximum atomic E-state index is 11.5. The van der Waals surface area contributed by atoms with Crippen molar-refractivity contribution in [2.24, 2.45) is 5.73 Å². The number of nitrogens with two attached hydrogens (primary N) is 1. The highest BCUT2D eigenvalue weighted by atomic mass is 32.2. The van der Waals surface area contributed by atoms with E-state index in [0.717, 1.165) is 0 Å².